The Kier molecular flexibility index (Phi) is 14.2. The van der Waals surface area contributed by atoms with E-state index in [1.165, 1.54) is 50.7 Å². The Morgan fingerprint density at radius 1 is 1.15 bits per heavy atom. The van der Waals surface area contributed by atoms with Crippen LogP contribution in [-0.4, -0.2) is 30.1 Å². The zero-order valence-corrected chi connectivity index (χ0v) is 18.3. The van der Waals surface area contributed by atoms with E-state index in [-0.39, 0.29) is 5.92 Å². The summed E-state index contributed by atoms with van der Waals surface area (Å²) >= 11 is 0. The van der Waals surface area contributed by atoms with Gasteiger partial charge in [0.15, 0.2) is 0 Å². The van der Waals surface area contributed by atoms with Gasteiger partial charge in [0.25, 0.3) is 0 Å². The Bertz CT molecular complexity index is 442. The summed E-state index contributed by atoms with van der Waals surface area (Å²) in [4.78, 5) is 11.7. The molecule has 0 aromatic rings. The summed E-state index contributed by atoms with van der Waals surface area (Å²) in [5.74, 6) is -1.12. The van der Waals surface area contributed by atoms with E-state index in [2.05, 4.69) is 20.4 Å². The van der Waals surface area contributed by atoms with Gasteiger partial charge in [0, 0.05) is 6.08 Å². The van der Waals surface area contributed by atoms with Crippen molar-refractivity contribution in [3.63, 3.8) is 0 Å². The summed E-state index contributed by atoms with van der Waals surface area (Å²) in [5.41, 5.74) is 0.446. The Balaban J connectivity index is 4.36. The highest BCUT2D eigenvalue weighted by Crippen LogP contribution is 2.22. The Morgan fingerprint density at radius 3 is 2.37 bits per heavy atom. The zero-order valence-electron chi connectivity index (χ0n) is 18.3. The van der Waals surface area contributed by atoms with Gasteiger partial charge in [0.2, 0.25) is 5.79 Å². The van der Waals surface area contributed by atoms with Gasteiger partial charge in [-0.3, -0.25) is 0 Å². The fourth-order valence-corrected chi connectivity index (χ4v) is 2.80. The third-order valence-corrected chi connectivity index (χ3v) is 4.74. The van der Waals surface area contributed by atoms with Gasteiger partial charge in [-0.05, 0) is 43.3 Å². The van der Waals surface area contributed by atoms with E-state index in [0.29, 0.717) is 24.7 Å². The van der Waals surface area contributed by atoms with Crippen LogP contribution in [0.2, 0.25) is 0 Å². The van der Waals surface area contributed by atoms with E-state index in [9.17, 15) is 9.90 Å². The van der Waals surface area contributed by atoms with E-state index in [4.69, 9.17) is 9.47 Å². The molecule has 2 atom stereocenters. The molecule has 0 heterocycles. The predicted octanol–water partition coefficient (Wildman–Crippen LogP) is 5.80. The van der Waals surface area contributed by atoms with Crippen LogP contribution >= 0.6 is 0 Å². The molecule has 0 rings (SSSR count). The smallest absolute Gasteiger partial charge is 0.330 e. The lowest BCUT2D eigenvalue weighted by Crippen LogP contribution is -2.32. The van der Waals surface area contributed by atoms with Crippen LogP contribution in [0.3, 0.4) is 0 Å². The molecular weight excluding hydrogens is 340 g/mol. The zero-order chi connectivity index (χ0) is 20.7. The monoisotopic (exact) mass is 382 g/mol. The molecule has 4 heteroatoms. The van der Waals surface area contributed by atoms with Crippen molar-refractivity contribution < 1.29 is 19.4 Å². The number of hydrogen-bond donors (Lipinski definition) is 1. The molecule has 0 fully saturated rings. The van der Waals surface area contributed by atoms with E-state index in [1.807, 2.05) is 13.8 Å². The fourth-order valence-electron chi connectivity index (χ4n) is 2.80. The topological polar surface area (TPSA) is 55.8 Å². The van der Waals surface area contributed by atoms with Gasteiger partial charge in [-0.15, -0.1) is 0 Å². The maximum atomic E-state index is 11.7. The highest BCUT2D eigenvalue weighted by atomic mass is 16.6. The Labute approximate surface area is 167 Å². The number of rotatable bonds is 16. The standard InChI is InChI=1S/C23H42O4/c1-7-9-10-11-13-21(8-2)14-12-17-27-23(25,20(5)6)16-15-22(24)26-18-19(3)4/h15-16,19,21,25H,5,7-14,17-18H2,1-4,6H3/b16-15+. The molecule has 27 heavy (non-hydrogen) atoms. The molecule has 0 aliphatic rings. The number of aliphatic hydroxyl groups is 1. The number of carbonyl (C=O) groups excluding carboxylic acids is 1. The van der Waals surface area contributed by atoms with Crippen molar-refractivity contribution in [3.05, 3.63) is 24.3 Å². The van der Waals surface area contributed by atoms with Crippen LogP contribution in [0.25, 0.3) is 0 Å². The first kappa shape index (κ1) is 25.9. The van der Waals surface area contributed by atoms with Crippen LogP contribution in [-0.2, 0) is 14.3 Å². The minimum atomic E-state index is -1.63. The summed E-state index contributed by atoms with van der Waals surface area (Å²) < 4.78 is 10.7. The second-order valence-corrected chi connectivity index (χ2v) is 7.95. The van der Waals surface area contributed by atoms with Gasteiger partial charge in [-0.1, -0.05) is 72.8 Å². The lowest BCUT2D eigenvalue weighted by Gasteiger charge is -2.26. The maximum Gasteiger partial charge on any atom is 0.330 e. The third kappa shape index (κ3) is 12.8. The lowest BCUT2D eigenvalue weighted by atomic mass is 9.94. The van der Waals surface area contributed by atoms with Gasteiger partial charge in [0.05, 0.1) is 13.2 Å². The first-order valence-electron chi connectivity index (χ1n) is 10.6. The van der Waals surface area contributed by atoms with Crippen LogP contribution < -0.4 is 0 Å². The molecular formula is C23H42O4. The molecule has 1 N–H and O–H groups in total. The third-order valence-electron chi connectivity index (χ3n) is 4.74. The fraction of sp³-hybridized carbons (Fsp3) is 0.783. The number of ether oxygens (including phenoxy) is 2. The van der Waals surface area contributed by atoms with Crippen LogP contribution in [0.4, 0.5) is 0 Å². The average molecular weight is 383 g/mol. The number of unbranched alkanes of at least 4 members (excludes halogenated alkanes) is 3. The molecule has 0 bridgehead atoms. The molecule has 0 aliphatic heterocycles. The van der Waals surface area contributed by atoms with E-state index >= 15 is 0 Å². The molecule has 158 valence electrons. The quantitative estimate of drug-likeness (QED) is 0.120. The molecule has 0 saturated heterocycles. The average Bonchev–Trinajstić information content (AvgIpc) is 2.63. The summed E-state index contributed by atoms with van der Waals surface area (Å²) in [6.45, 7) is 14.7. The second kappa shape index (κ2) is 14.9. The summed E-state index contributed by atoms with van der Waals surface area (Å²) in [5, 5.41) is 10.6. The Morgan fingerprint density at radius 2 is 1.81 bits per heavy atom. The van der Waals surface area contributed by atoms with Gasteiger partial charge < -0.3 is 14.6 Å². The van der Waals surface area contributed by atoms with Gasteiger partial charge in [-0.25, -0.2) is 4.79 Å². The minimum Gasteiger partial charge on any atom is -0.462 e. The summed E-state index contributed by atoms with van der Waals surface area (Å²) in [6, 6.07) is 0. The second-order valence-electron chi connectivity index (χ2n) is 7.95. The van der Waals surface area contributed by atoms with Crippen LogP contribution in [0, 0.1) is 11.8 Å². The maximum absolute atomic E-state index is 11.7. The molecule has 0 spiro atoms. The largest absolute Gasteiger partial charge is 0.462 e. The number of carbonyl (C=O) groups is 1. The predicted molar refractivity (Wildman–Crippen MR) is 112 cm³/mol. The normalized spacial score (nSPS) is 15.1. The molecule has 0 amide bonds. The molecule has 2 unspecified atom stereocenters. The Hall–Kier alpha value is -1.13. The minimum absolute atomic E-state index is 0.270. The highest BCUT2D eigenvalue weighted by molar-refractivity contribution is 5.82. The molecule has 0 aromatic carbocycles. The first-order chi connectivity index (χ1) is 12.7. The van der Waals surface area contributed by atoms with Crippen molar-refractivity contribution in [2.75, 3.05) is 13.2 Å². The lowest BCUT2D eigenvalue weighted by molar-refractivity contribution is -0.144. The molecule has 0 radical (unpaired) electrons. The van der Waals surface area contributed by atoms with Crippen molar-refractivity contribution >= 4 is 5.97 Å². The SMILES string of the molecule is C=C(C)C(O)(/C=C/C(=O)OCC(C)C)OCCCC(CC)CCCCCC. The van der Waals surface area contributed by atoms with Crippen molar-refractivity contribution in [2.45, 2.75) is 91.8 Å². The van der Waals surface area contributed by atoms with Crippen molar-refractivity contribution in [1.29, 1.82) is 0 Å². The summed E-state index contributed by atoms with van der Waals surface area (Å²) in [6.07, 6.45) is 12.2. The van der Waals surface area contributed by atoms with Gasteiger partial charge in [-0.2, -0.15) is 0 Å². The molecule has 0 aromatic heterocycles. The van der Waals surface area contributed by atoms with Crippen molar-refractivity contribution in [3.8, 4) is 0 Å². The van der Waals surface area contributed by atoms with E-state index in [0.717, 1.165) is 12.8 Å². The molecule has 4 nitrogen and oxygen atoms in total. The van der Waals surface area contributed by atoms with Crippen molar-refractivity contribution in [1.82, 2.24) is 0 Å². The number of esters is 1. The molecule has 0 saturated carbocycles. The van der Waals surface area contributed by atoms with Crippen LogP contribution in [0.5, 0.6) is 0 Å². The van der Waals surface area contributed by atoms with Crippen LogP contribution in [0.1, 0.15) is 86.0 Å². The first-order valence-corrected chi connectivity index (χ1v) is 10.6. The van der Waals surface area contributed by atoms with Crippen LogP contribution in [0.15, 0.2) is 24.3 Å². The van der Waals surface area contributed by atoms with Gasteiger partial charge >= 0.3 is 5.97 Å². The highest BCUT2D eigenvalue weighted by Gasteiger charge is 2.26. The summed E-state index contributed by atoms with van der Waals surface area (Å²) in [7, 11) is 0. The van der Waals surface area contributed by atoms with E-state index < -0.39 is 11.8 Å². The molecule has 0 aliphatic carbocycles. The van der Waals surface area contributed by atoms with Gasteiger partial charge in [0.1, 0.15) is 0 Å². The van der Waals surface area contributed by atoms with E-state index in [1.54, 1.807) is 6.92 Å². The number of hydrogen-bond acceptors (Lipinski definition) is 4. The van der Waals surface area contributed by atoms with Crippen molar-refractivity contribution in [2.24, 2.45) is 11.8 Å².